The van der Waals surface area contributed by atoms with Crippen LogP contribution >= 0.6 is 0 Å². The molecular weight excluding hydrogens is 823 g/mol. The average Bonchev–Trinajstić information content (AvgIpc) is 3.90. The zero-order chi connectivity index (χ0) is 45.0. The van der Waals surface area contributed by atoms with Gasteiger partial charge in [-0.15, -0.1) is 0 Å². The van der Waals surface area contributed by atoms with E-state index in [2.05, 4.69) is 287 Å². The quantitative estimate of drug-likeness (QED) is 0.143. The Morgan fingerprint density at radius 1 is 0.309 bits per heavy atom. The molecule has 1 heterocycles. The van der Waals surface area contributed by atoms with Gasteiger partial charge < -0.3 is 14.4 Å². The summed E-state index contributed by atoms with van der Waals surface area (Å²) in [5.41, 5.74) is 16.5. The molecular formula is C65H45N3. The van der Waals surface area contributed by atoms with Crippen LogP contribution in [0.1, 0.15) is 16.7 Å². The zero-order valence-electron chi connectivity index (χ0n) is 37.3. The first kappa shape index (κ1) is 39.4. The first-order valence-electron chi connectivity index (χ1n) is 23.4. The maximum Gasteiger partial charge on any atom is 0.122 e. The third kappa shape index (κ3) is 6.28. The molecule has 1 aliphatic rings. The van der Waals surface area contributed by atoms with Crippen LogP contribution in [0.25, 0.3) is 60.5 Å². The zero-order valence-corrected chi connectivity index (χ0v) is 37.3. The number of hydrogen-bond acceptors (Lipinski definition) is 2. The minimum absolute atomic E-state index is 0.793. The van der Waals surface area contributed by atoms with Gasteiger partial charge in [-0.1, -0.05) is 194 Å². The lowest BCUT2D eigenvalue weighted by Gasteiger charge is -2.45. The number of aromatic nitrogens is 1. The van der Waals surface area contributed by atoms with Gasteiger partial charge in [0.2, 0.25) is 0 Å². The summed E-state index contributed by atoms with van der Waals surface area (Å²) in [7, 11) is 0. The Hall–Kier alpha value is -8.92. The molecule has 0 spiro atoms. The van der Waals surface area contributed by atoms with Gasteiger partial charge in [0.1, 0.15) is 5.54 Å². The van der Waals surface area contributed by atoms with Crippen LogP contribution in [0.3, 0.4) is 0 Å². The van der Waals surface area contributed by atoms with Gasteiger partial charge in [0.15, 0.2) is 0 Å². The smallest absolute Gasteiger partial charge is 0.122 e. The fraction of sp³-hybridized carbons (Fsp3) is 0.0154. The molecule has 13 rings (SSSR count). The van der Waals surface area contributed by atoms with Gasteiger partial charge in [0.25, 0.3) is 0 Å². The van der Waals surface area contributed by atoms with Crippen molar-refractivity contribution in [2.45, 2.75) is 5.54 Å². The van der Waals surface area contributed by atoms with Crippen LogP contribution in [0.4, 0.5) is 28.4 Å². The number of rotatable bonds is 9. The normalized spacial score (nSPS) is 13.9. The Morgan fingerprint density at radius 3 is 1.71 bits per heavy atom. The minimum atomic E-state index is -0.793. The predicted molar refractivity (Wildman–Crippen MR) is 285 cm³/mol. The largest absolute Gasteiger partial charge is 0.323 e. The van der Waals surface area contributed by atoms with E-state index in [-0.39, 0.29) is 0 Å². The van der Waals surface area contributed by atoms with Crippen LogP contribution in [0.2, 0.25) is 0 Å². The van der Waals surface area contributed by atoms with E-state index < -0.39 is 5.54 Å². The van der Waals surface area contributed by atoms with Gasteiger partial charge in [0.05, 0.1) is 11.0 Å². The third-order valence-electron chi connectivity index (χ3n) is 13.9. The summed E-state index contributed by atoms with van der Waals surface area (Å²) in [4.78, 5) is 5.05. The van der Waals surface area contributed by atoms with E-state index in [0.717, 1.165) is 39.6 Å². The van der Waals surface area contributed by atoms with Crippen molar-refractivity contribution in [3.05, 3.63) is 290 Å². The van der Waals surface area contributed by atoms with Crippen molar-refractivity contribution in [3.63, 3.8) is 0 Å². The third-order valence-corrected chi connectivity index (χ3v) is 13.9. The molecule has 68 heavy (non-hydrogen) atoms. The lowest BCUT2D eigenvalue weighted by Crippen LogP contribution is -2.44. The van der Waals surface area contributed by atoms with Gasteiger partial charge in [-0.25, -0.2) is 0 Å². The van der Waals surface area contributed by atoms with Crippen LogP contribution in [-0.2, 0) is 5.54 Å². The number of fused-ring (bicyclic) bond motifs is 7. The highest BCUT2D eigenvalue weighted by Crippen LogP contribution is 2.59. The predicted octanol–water partition coefficient (Wildman–Crippen LogP) is 17.2. The molecule has 1 unspecified atom stereocenters. The molecule has 1 aliphatic carbocycles. The summed E-state index contributed by atoms with van der Waals surface area (Å²) in [6.45, 7) is 0. The summed E-state index contributed by atoms with van der Waals surface area (Å²) >= 11 is 0. The van der Waals surface area contributed by atoms with Gasteiger partial charge in [-0.3, -0.25) is 0 Å². The molecule has 320 valence electrons. The van der Waals surface area contributed by atoms with Crippen LogP contribution in [-0.4, -0.2) is 4.57 Å². The van der Waals surface area contributed by atoms with Crippen molar-refractivity contribution in [1.29, 1.82) is 0 Å². The summed E-state index contributed by atoms with van der Waals surface area (Å²) < 4.78 is 2.41. The standard InChI is InChI=1S/C65H45N3/c1-5-20-46(21-6-1)49-24-19-31-56(43-49)68(52-29-11-4-12-30-52)65(50-25-7-2-8-26-50)61-34-17-15-32-57(61)58-40-38-54(44-62(58)65)66(53-37-36-47-22-13-14-23-48(47)42-53)55-39-41-60-59-33-16-18-35-63(59)67(64(60)45-55)51-27-9-3-10-28-51/h1-45H. The molecule has 11 aromatic carbocycles. The van der Waals surface area contributed by atoms with Crippen molar-refractivity contribution in [2.75, 3.05) is 9.80 Å². The molecule has 0 fully saturated rings. The number of hydrogen-bond donors (Lipinski definition) is 0. The lowest BCUT2D eigenvalue weighted by molar-refractivity contribution is 0.644. The summed E-state index contributed by atoms with van der Waals surface area (Å²) in [5, 5.41) is 4.85. The Kier molecular flexibility index (Phi) is 9.40. The van der Waals surface area contributed by atoms with Crippen molar-refractivity contribution in [3.8, 4) is 27.9 Å². The number of para-hydroxylation sites is 3. The van der Waals surface area contributed by atoms with Crippen molar-refractivity contribution < 1.29 is 0 Å². The lowest BCUT2D eigenvalue weighted by atomic mass is 9.78. The number of nitrogens with zero attached hydrogens (tertiary/aromatic N) is 3. The van der Waals surface area contributed by atoms with E-state index in [4.69, 9.17) is 0 Å². The summed E-state index contributed by atoms with van der Waals surface area (Å²) in [6, 6.07) is 100. The Morgan fingerprint density at radius 2 is 0.882 bits per heavy atom. The molecule has 0 saturated carbocycles. The van der Waals surface area contributed by atoms with E-state index >= 15 is 0 Å². The van der Waals surface area contributed by atoms with Crippen LogP contribution < -0.4 is 9.80 Å². The number of benzene rings is 11. The highest BCUT2D eigenvalue weighted by atomic mass is 15.2. The molecule has 1 atom stereocenters. The van der Waals surface area contributed by atoms with E-state index in [1.807, 2.05) is 0 Å². The monoisotopic (exact) mass is 867 g/mol. The minimum Gasteiger partial charge on any atom is -0.323 e. The van der Waals surface area contributed by atoms with E-state index in [9.17, 15) is 0 Å². The van der Waals surface area contributed by atoms with Gasteiger partial charge in [-0.2, -0.15) is 0 Å². The molecule has 0 bridgehead atoms. The highest BCUT2D eigenvalue weighted by molar-refractivity contribution is 6.10. The van der Waals surface area contributed by atoms with Crippen LogP contribution in [0.15, 0.2) is 273 Å². The molecule has 0 N–H and O–H groups in total. The second kappa shape index (κ2) is 16.2. The average molecular weight is 868 g/mol. The first-order chi connectivity index (χ1) is 33.7. The molecule has 3 nitrogen and oxygen atoms in total. The summed E-state index contributed by atoms with van der Waals surface area (Å²) in [5.74, 6) is 0. The van der Waals surface area contributed by atoms with E-state index in [1.54, 1.807) is 0 Å². The Balaban J connectivity index is 1.10. The van der Waals surface area contributed by atoms with Crippen LogP contribution in [0.5, 0.6) is 0 Å². The Bertz CT molecular complexity index is 3800. The molecule has 1 aromatic heterocycles. The fourth-order valence-corrected chi connectivity index (χ4v) is 11.0. The second-order valence-electron chi connectivity index (χ2n) is 17.7. The highest BCUT2D eigenvalue weighted by Gasteiger charge is 2.50. The van der Waals surface area contributed by atoms with E-state index in [0.29, 0.717) is 0 Å². The molecule has 3 heteroatoms. The van der Waals surface area contributed by atoms with Gasteiger partial charge >= 0.3 is 0 Å². The Labute approximate surface area is 396 Å². The number of anilines is 5. The van der Waals surface area contributed by atoms with Gasteiger partial charge in [0, 0.05) is 44.9 Å². The summed E-state index contributed by atoms with van der Waals surface area (Å²) in [6.07, 6.45) is 0. The SMILES string of the molecule is c1ccc(-c2cccc(N(c3ccccc3)C3(c4ccccc4)c4ccccc4-c4ccc(N(c5ccc6ccccc6c5)c5ccc6c7ccccc7n(-c7ccccc7)c6c5)cc43)c2)cc1. The molecule has 0 radical (unpaired) electrons. The molecule has 12 aromatic rings. The molecule has 0 amide bonds. The maximum absolute atomic E-state index is 2.59. The van der Waals surface area contributed by atoms with Crippen LogP contribution in [0, 0.1) is 0 Å². The molecule has 0 saturated heterocycles. The second-order valence-corrected chi connectivity index (χ2v) is 17.7. The topological polar surface area (TPSA) is 11.4 Å². The van der Waals surface area contributed by atoms with E-state index in [1.165, 1.54) is 66.0 Å². The first-order valence-corrected chi connectivity index (χ1v) is 23.4. The maximum atomic E-state index is 2.59. The van der Waals surface area contributed by atoms with Crippen molar-refractivity contribution in [1.82, 2.24) is 4.57 Å². The molecule has 0 aliphatic heterocycles. The van der Waals surface area contributed by atoms with Crippen molar-refractivity contribution in [2.24, 2.45) is 0 Å². The fourth-order valence-electron chi connectivity index (χ4n) is 11.0. The van der Waals surface area contributed by atoms with Gasteiger partial charge in [-0.05, 0) is 129 Å². The van der Waals surface area contributed by atoms with Crippen molar-refractivity contribution >= 4 is 61.0 Å².